The summed E-state index contributed by atoms with van der Waals surface area (Å²) in [7, 11) is -2.98. The lowest BCUT2D eigenvalue weighted by Gasteiger charge is -2.24. The van der Waals surface area contributed by atoms with Gasteiger partial charge < -0.3 is 9.84 Å². The Morgan fingerprint density at radius 2 is 1.25 bits per heavy atom. The molecule has 0 fully saturated rings. The topological polar surface area (TPSA) is 63.6 Å². The molecular weight excluding hydrogens is 324 g/mol. The van der Waals surface area contributed by atoms with Crippen molar-refractivity contribution in [2.45, 2.75) is 90.2 Å². The highest BCUT2D eigenvalue weighted by Crippen LogP contribution is 2.29. The van der Waals surface area contributed by atoms with Crippen molar-refractivity contribution in [2.24, 2.45) is 5.41 Å². The van der Waals surface area contributed by atoms with Crippen LogP contribution in [0.5, 0.6) is 0 Å². The zero-order valence-corrected chi connectivity index (χ0v) is 17.4. The largest absolute Gasteiger partial charge is 0.396 e. The molecule has 5 heteroatoms. The maximum Gasteiger partial charge on any atom is 0.152 e. The van der Waals surface area contributed by atoms with Crippen LogP contribution in [0.2, 0.25) is 0 Å². The van der Waals surface area contributed by atoms with E-state index in [1.54, 1.807) is 13.8 Å². The van der Waals surface area contributed by atoms with E-state index in [-0.39, 0.29) is 0 Å². The standard InChI is InChI=1S/C19H40O4S/c1-18(2,12-6-9-15-20)13-7-10-16-23-17-11-8-14-19(3,4)24(5,21)22/h20H,6-17H2,1-5H3. The summed E-state index contributed by atoms with van der Waals surface area (Å²) in [6.45, 7) is 10.0. The number of aliphatic hydroxyl groups is 1. The van der Waals surface area contributed by atoms with Gasteiger partial charge in [0.1, 0.15) is 0 Å². The third kappa shape index (κ3) is 11.4. The van der Waals surface area contributed by atoms with Crippen molar-refractivity contribution in [1.82, 2.24) is 0 Å². The molecule has 0 aromatic rings. The zero-order valence-electron chi connectivity index (χ0n) is 16.6. The van der Waals surface area contributed by atoms with Gasteiger partial charge in [0.2, 0.25) is 0 Å². The van der Waals surface area contributed by atoms with Crippen LogP contribution in [0.25, 0.3) is 0 Å². The fourth-order valence-corrected chi connectivity index (χ4v) is 3.21. The first-order chi connectivity index (χ1) is 11.0. The third-order valence-electron chi connectivity index (χ3n) is 4.98. The van der Waals surface area contributed by atoms with Crippen LogP contribution in [0.1, 0.15) is 85.5 Å². The minimum atomic E-state index is -2.98. The van der Waals surface area contributed by atoms with Crippen molar-refractivity contribution in [1.29, 1.82) is 0 Å². The number of ether oxygens (including phenoxy) is 1. The van der Waals surface area contributed by atoms with E-state index in [0.29, 0.717) is 18.4 Å². The molecule has 0 atom stereocenters. The Kier molecular flexibility index (Phi) is 11.4. The van der Waals surface area contributed by atoms with Gasteiger partial charge in [0.05, 0.1) is 4.75 Å². The summed E-state index contributed by atoms with van der Waals surface area (Å²) in [6.07, 6.45) is 10.4. The van der Waals surface area contributed by atoms with Gasteiger partial charge >= 0.3 is 0 Å². The molecule has 0 radical (unpaired) electrons. The summed E-state index contributed by atoms with van der Waals surface area (Å²) in [4.78, 5) is 0. The van der Waals surface area contributed by atoms with E-state index >= 15 is 0 Å². The van der Waals surface area contributed by atoms with Crippen molar-refractivity contribution in [3.63, 3.8) is 0 Å². The van der Waals surface area contributed by atoms with Crippen molar-refractivity contribution in [2.75, 3.05) is 26.1 Å². The predicted molar refractivity (Wildman–Crippen MR) is 102 cm³/mol. The molecule has 0 saturated carbocycles. The summed E-state index contributed by atoms with van der Waals surface area (Å²) in [5, 5.41) is 8.84. The second-order valence-corrected chi connectivity index (χ2v) is 11.1. The highest BCUT2D eigenvalue weighted by atomic mass is 32.2. The van der Waals surface area contributed by atoms with Gasteiger partial charge in [0.25, 0.3) is 0 Å². The van der Waals surface area contributed by atoms with E-state index < -0.39 is 14.6 Å². The van der Waals surface area contributed by atoms with Gasteiger partial charge in [-0.25, -0.2) is 8.42 Å². The second-order valence-electron chi connectivity index (χ2n) is 8.40. The molecule has 0 saturated heterocycles. The molecule has 4 nitrogen and oxygen atoms in total. The Hall–Kier alpha value is -0.130. The van der Waals surface area contributed by atoms with Gasteiger partial charge in [0, 0.05) is 26.1 Å². The van der Waals surface area contributed by atoms with Crippen LogP contribution < -0.4 is 0 Å². The van der Waals surface area contributed by atoms with E-state index in [1.165, 1.54) is 25.5 Å². The molecule has 0 aliphatic carbocycles. The average molecular weight is 365 g/mol. The summed E-state index contributed by atoms with van der Waals surface area (Å²) in [6, 6.07) is 0. The van der Waals surface area contributed by atoms with Crippen LogP contribution >= 0.6 is 0 Å². The first-order valence-electron chi connectivity index (χ1n) is 9.40. The molecule has 0 unspecified atom stereocenters. The average Bonchev–Trinajstić information content (AvgIpc) is 2.44. The smallest absolute Gasteiger partial charge is 0.152 e. The summed E-state index contributed by atoms with van der Waals surface area (Å²) >= 11 is 0. The Labute approximate surface area is 150 Å². The molecule has 146 valence electrons. The first-order valence-corrected chi connectivity index (χ1v) is 11.3. The molecule has 0 aliphatic rings. The van der Waals surface area contributed by atoms with E-state index in [2.05, 4.69) is 13.8 Å². The van der Waals surface area contributed by atoms with Crippen molar-refractivity contribution >= 4 is 9.84 Å². The monoisotopic (exact) mass is 364 g/mol. The number of hydrogen-bond donors (Lipinski definition) is 1. The quantitative estimate of drug-likeness (QED) is 0.439. The first kappa shape index (κ1) is 23.9. The lowest BCUT2D eigenvalue weighted by atomic mass is 9.82. The van der Waals surface area contributed by atoms with Gasteiger partial charge in [-0.2, -0.15) is 0 Å². The Balaban J connectivity index is 3.58. The number of aliphatic hydroxyl groups excluding tert-OH is 1. The second kappa shape index (κ2) is 11.5. The molecule has 0 aromatic heterocycles. The van der Waals surface area contributed by atoms with Crippen molar-refractivity contribution < 1.29 is 18.3 Å². The summed E-state index contributed by atoms with van der Waals surface area (Å²) < 4.78 is 28.3. The maximum absolute atomic E-state index is 11.6. The van der Waals surface area contributed by atoms with Crippen molar-refractivity contribution in [3.8, 4) is 0 Å². The predicted octanol–water partition coefficient (Wildman–Crippen LogP) is 4.36. The number of sulfone groups is 1. The van der Waals surface area contributed by atoms with E-state index in [9.17, 15) is 8.42 Å². The summed E-state index contributed by atoms with van der Waals surface area (Å²) in [5.74, 6) is 0. The molecule has 0 aromatic carbocycles. The fourth-order valence-electron chi connectivity index (χ4n) is 2.69. The molecule has 0 amide bonds. The van der Waals surface area contributed by atoms with Crippen LogP contribution in [0.3, 0.4) is 0 Å². The van der Waals surface area contributed by atoms with Gasteiger partial charge in [-0.3, -0.25) is 0 Å². The summed E-state index contributed by atoms with van der Waals surface area (Å²) in [5.41, 5.74) is 0.354. The molecule has 0 spiro atoms. The molecule has 0 bridgehead atoms. The lowest BCUT2D eigenvalue weighted by Crippen LogP contribution is -2.30. The third-order valence-corrected chi connectivity index (χ3v) is 7.19. The van der Waals surface area contributed by atoms with Crippen LogP contribution in [-0.2, 0) is 14.6 Å². The van der Waals surface area contributed by atoms with Gasteiger partial charge in [0.15, 0.2) is 9.84 Å². The number of unbranched alkanes of at least 4 members (excludes halogenated alkanes) is 3. The van der Waals surface area contributed by atoms with Crippen LogP contribution in [0.4, 0.5) is 0 Å². The molecule has 24 heavy (non-hydrogen) atoms. The van der Waals surface area contributed by atoms with Crippen LogP contribution in [-0.4, -0.2) is 44.3 Å². The Morgan fingerprint density at radius 3 is 1.71 bits per heavy atom. The molecule has 0 heterocycles. The number of rotatable bonds is 15. The maximum atomic E-state index is 11.6. The highest BCUT2D eigenvalue weighted by molar-refractivity contribution is 7.92. The van der Waals surface area contributed by atoms with E-state index in [4.69, 9.17) is 9.84 Å². The lowest BCUT2D eigenvalue weighted by molar-refractivity contribution is 0.122. The Morgan fingerprint density at radius 1 is 0.792 bits per heavy atom. The van der Waals surface area contributed by atoms with E-state index in [0.717, 1.165) is 45.3 Å². The van der Waals surface area contributed by atoms with Gasteiger partial charge in [-0.1, -0.05) is 26.7 Å². The van der Waals surface area contributed by atoms with Gasteiger partial charge in [-0.15, -0.1) is 0 Å². The zero-order chi connectivity index (χ0) is 18.7. The molecular formula is C19H40O4S. The molecule has 0 rings (SSSR count). The minimum absolute atomic E-state index is 0.297. The highest BCUT2D eigenvalue weighted by Gasteiger charge is 2.29. The Bertz CT molecular complexity index is 413. The fraction of sp³-hybridized carbons (Fsp3) is 1.00. The molecule has 0 aliphatic heterocycles. The van der Waals surface area contributed by atoms with Crippen LogP contribution in [0, 0.1) is 5.41 Å². The van der Waals surface area contributed by atoms with Gasteiger partial charge in [-0.05, 0) is 64.2 Å². The van der Waals surface area contributed by atoms with E-state index in [1.807, 2.05) is 0 Å². The SMILES string of the molecule is CC(C)(CCCCO)CCCCOCCCCC(C)(C)S(C)(=O)=O. The minimum Gasteiger partial charge on any atom is -0.396 e. The molecule has 1 N–H and O–H groups in total. The van der Waals surface area contributed by atoms with Crippen molar-refractivity contribution in [3.05, 3.63) is 0 Å². The van der Waals surface area contributed by atoms with Crippen LogP contribution in [0.15, 0.2) is 0 Å². The number of hydrogen-bond acceptors (Lipinski definition) is 4. The normalized spacial score (nSPS) is 13.4.